The summed E-state index contributed by atoms with van der Waals surface area (Å²) in [6, 6.07) is 12.8. The Morgan fingerprint density at radius 3 is 2.10 bits per heavy atom. The fourth-order valence-corrected chi connectivity index (χ4v) is 5.26. The summed E-state index contributed by atoms with van der Waals surface area (Å²) in [4.78, 5) is 28.2. The van der Waals surface area contributed by atoms with Gasteiger partial charge in [-0.3, -0.25) is 4.79 Å². The summed E-state index contributed by atoms with van der Waals surface area (Å²) in [7, 11) is 1.61. The molecule has 9 nitrogen and oxygen atoms in total. The van der Waals surface area contributed by atoms with Crippen LogP contribution in [0.15, 0.2) is 42.5 Å². The number of ketones is 1. The molecule has 3 atom stereocenters. The number of aliphatic hydroxyl groups excluding tert-OH is 1. The lowest BCUT2D eigenvalue weighted by Crippen LogP contribution is -2.66. The van der Waals surface area contributed by atoms with E-state index in [9.17, 15) is 14.7 Å². The van der Waals surface area contributed by atoms with Gasteiger partial charge in [0.25, 0.3) is 0 Å². The van der Waals surface area contributed by atoms with Gasteiger partial charge >= 0.3 is 6.03 Å². The van der Waals surface area contributed by atoms with Crippen LogP contribution in [0.2, 0.25) is 0 Å². The minimum Gasteiger partial charge on any atom is -0.493 e. The second-order valence-electron chi connectivity index (χ2n) is 10.6. The van der Waals surface area contributed by atoms with E-state index in [0.717, 1.165) is 11.1 Å². The average molecular weight is 571 g/mol. The number of carbonyl (C=O) groups excluding carboxylic acids is 2. The van der Waals surface area contributed by atoms with Crippen molar-refractivity contribution in [3.05, 3.63) is 59.2 Å². The number of aliphatic hydroxyl groups is 1. The Balaban J connectivity index is 1.92. The Morgan fingerprint density at radius 2 is 1.61 bits per heavy atom. The van der Waals surface area contributed by atoms with Gasteiger partial charge in [-0.25, -0.2) is 4.79 Å². The van der Waals surface area contributed by atoms with Crippen molar-refractivity contribution >= 4 is 11.8 Å². The molecule has 41 heavy (non-hydrogen) atoms. The van der Waals surface area contributed by atoms with E-state index in [1.807, 2.05) is 70.2 Å². The van der Waals surface area contributed by atoms with Crippen LogP contribution in [-0.4, -0.2) is 66.9 Å². The quantitative estimate of drug-likeness (QED) is 0.290. The van der Waals surface area contributed by atoms with Gasteiger partial charge in [-0.1, -0.05) is 30.3 Å². The molecule has 2 amide bonds. The van der Waals surface area contributed by atoms with Crippen LogP contribution >= 0.6 is 0 Å². The molecule has 0 heterocycles. The second-order valence-corrected chi connectivity index (χ2v) is 10.6. The Morgan fingerprint density at radius 1 is 1.02 bits per heavy atom. The highest BCUT2D eigenvalue weighted by molar-refractivity contribution is 5.92. The lowest BCUT2D eigenvalue weighted by molar-refractivity contribution is -0.133. The van der Waals surface area contributed by atoms with Crippen molar-refractivity contribution in [3.8, 4) is 11.5 Å². The molecule has 9 heteroatoms. The number of ether oxygens (including phenoxy) is 4. The van der Waals surface area contributed by atoms with Crippen LogP contribution in [0.5, 0.6) is 11.5 Å². The van der Waals surface area contributed by atoms with E-state index in [-0.39, 0.29) is 37.2 Å². The Kier molecular flexibility index (Phi) is 11.6. The summed E-state index contributed by atoms with van der Waals surface area (Å²) in [5.41, 5.74) is 1.42. The topological polar surface area (TPSA) is 107 Å². The first-order valence-corrected chi connectivity index (χ1v) is 14.5. The van der Waals surface area contributed by atoms with Crippen LogP contribution in [0.25, 0.3) is 0 Å². The molecule has 0 aromatic heterocycles. The van der Waals surface area contributed by atoms with Crippen LogP contribution < -0.4 is 14.8 Å². The third-order valence-electron chi connectivity index (χ3n) is 7.83. The summed E-state index contributed by atoms with van der Waals surface area (Å²) in [6.45, 7) is 12.2. The van der Waals surface area contributed by atoms with Gasteiger partial charge < -0.3 is 34.3 Å². The van der Waals surface area contributed by atoms with Crippen molar-refractivity contribution in [3.63, 3.8) is 0 Å². The molecule has 1 unspecified atom stereocenters. The average Bonchev–Trinajstić information content (AvgIpc) is 2.92. The highest BCUT2D eigenvalue weighted by atomic mass is 16.5. The molecule has 3 rings (SSSR count). The molecule has 2 N–H and O–H groups in total. The summed E-state index contributed by atoms with van der Waals surface area (Å²) >= 11 is 0. The van der Waals surface area contributed by atoms with Crippen molar-refractivity contribution in [2.24, 2.45) is 0 Å². The zero-order chi connectivity index (χ0) is 30.2. The Labute approximate surface area is 244 Å². The Hall–Kier alpha value is -3.14. The number of carbonyl (C=O) groups is 2. The van der Waals surface area contributed by atoms with E-state index in [1.165, 1.54) is 6.92 Å². The minimum absolute atomic E-state index is 0.0735. The summed E-state index contributed by atoms with van der Waals surface area (Å²) in [6.07, 6.45) is -0.178. The largest absolute Gasteiger partial charge is 0.493 e. The van der Waals surface area contributed by atoms with E-state index in [4.69, 9.17) is 18.9 Å². The summed E-state index contributed by atoms with van der Waals surface area (Å²) < 4.78 is 23.3. The highest BCUT2D eigenvalue weighted by Gasteiger charge is 2.50. The zero-order valence-electron chi connectivity index (χ0n) is 25.4. The van der Waals surface area contributed by atoms with Gasteiger partial charge in [-0.2, -0.15) is 0 Å². The van der Waals surface area contributed by atoms with Crippen LogP contribution in [0.1, 0.15) is 89.3 Å². The lowest BCUT2D eigenvalue weighted by atomic mass is 9.71. The number of nitrogens with zero attached hydrogens (tertiary/aromatic N) is 1. The standard InChI is InChI=1S/C32H46N2O7/c1-8-39-28-17-26(18-29(40-9-2)30(28)22(4)35)21(3)34(15-16-41-23(5)25-13-11-10-12-14-25)31(37)33-32(24(6)36)19-27(20-32)38-7/h10-14,17-18,21-23,27,35H,8-9,15-16,19-20H2,1-7H3,(H,33,37)/t21-,22?,23+,27?,32?/m1/s1. The van der Waals surface area contributed by atoms with Crippen LogP contribution in [-0.2, 0) is 14.3 Å². The van der Waals surface area contributed by atoms with Crippen LogP contribution in [0.4, 0.5) is 4.79 Å². The van der Waals surface area contributed by atoms with Crippen LogP contribution in [0, 0.1) is 0 Å². The molecule has 2 aromatic carbocycles. The maximum Gasteiger partial charge on any atom is 0.318 e. The molecule has 0 aliphatic heterocycles. The number of rotatable bonds is 15. The number of Topliss-reactive ketones (excluding diaryl/α,β-unsaturated/α-hetero) is 1. The second kappa shape index (κ2) is 14.7. The normalized spacial score (nSPS) is 20.3. The third kappa shape index (κ3) is 7.78. The number of benzene rings is 2. The summed E-state index contributed by atoms with van der Waals surface area (Å²) in [5.74, 6) is 0.915. The van der Waals surface area contributed by atoms with Crippen molar-refractivity contribution < 1.29 is 33.6 Å². The number of amides is 2. The monoisotopic (exact) mass is 570 g/mol. The molecule has 1 aliphatic carbocycles. The van der Waals surface area contributed by atoms with E-state index in [0.29, 0.717) is 43.1 Å². The molecule has 1 saturated carbocycles. The van der Waals surface area contributed by atoms with Gasteiger partial charge in [0, 0.05) is 26.5 Å². The molecular formula is C32H46N2O7. The molecule has 2 aromatic rings. The van der Waals surface area contributed by atoms with E-state index in [2.05, 4.69) is 5.32 Å². The molecule has 0 saturated heterocycles. The number of methoxy groups -OCH3 is 1. The first-order chi connectivity index (χ1) is 19.6. The third-order valence-corrected chi connectivity index (χ3v) is 7.83. The van der Waals surface area contributed by atoms with Crippen molar-refractivity contribution in [1.29, 1.82) is 0 Å². The van der Waals surface area contributed by atoms with Gasteiger partial charge in [-0.15, -0.1) is 0 Å². The maximum atomic E-state index is 13.9. The first kappa shape index (κ1) is 32.4. The predicted octanol–water partition coefficient (Wildman–Crippen LogP) is 5.52. The Bertz CT molecular complexity index is 1120. The molecule has 226 valence electrons. The summed E-state index contributed by atoms with van der Waals surface area (Å²) in [5, 5.41) is 13.5. The molecule has 1 fully saturated rings. The molecular weight excluding hydrogens is 524 g/mol. The van der Waals surface area contributed by atoms with Crippen molar-refractivity contribution in [1.82, 2.24) is 10.2 Å². The lowest BCUT2D eigenvalue weighted by Gasteiger charge is -2.46. The maximum absolute atomic E-state index is 13.9. The minimum atomic E-state index is -0.961. The first-order valence-electron chi connectivity index (χ1n) is 14.5. The van der Waals surface area contributed by atoms with Crippen LogP contribution in [0.3, 0.4) is 0 Å². The van der Waals surface area contributed by atoms with Gasteiger partial charge in [0.2, 0.25) is 0 Å². The molecule has 0 spiro atoms. The van der Waals surface area contributed by atoms with Gasteiger partial charge in [0.1, 0.15) is 17.0 Å². The van der Waals surface area contributed by atoms with Crippen molar-refractivity contribution in [2.75, 3.05) is 33.5 Å². The highest BCUT2D eigenvalue weighted by Crippen LogP contribution is 2.39. The number of hydrogen-bond acceptors (Lipinski definition) is 7. The van der Waals surface area contributed by atoms with Gasteiger partial charge in [-0.05, 0) is 64.8 Å². The number of hydrogen-bond donors (Lipinski definition) is 2. The van der Waals surface area contributed by atoms with Gasteiger partial charge in [0.05, 0.1) is 49.7 Å². The van der Waals surface area contributed by atoms with Crippen molar-refractivity contribution in [2.45, 2.75) is 84.3 Å². The van der Waals surface area contributed by atoms with Gasteiger partial charge in [0.15, 0.2) is 5.78 Å². The molecule has 1 aliphatic rings. The van der Waals surface area contributed by atoms with E-state index in [1.54, 1.807) is 18.9 Å². The van der Waals surface area contributed by atoms with E-state index >= 15 is 0 Å². The molecule has 0 radical (unpaired) electrons. The molecule has 0 bridgehead atoms. The number of nitrogens with one attached hydrogen (secondary N) is 1. The number of urea groups is 1. The fraction of sp³-hybridized carbons (Fsp3) is 0.562. The smallest absolute Gasteiger partial charge is 0.318 e. The fourth-order valence-electron chi connectivity index (χ4n) is 5.26. The van der Waals surface area contributed by atoms with E-state index < -0.39 is 17.7 Å². The SMILES string of the molecule is CCOc1cc([C@@H](C)N(CCO[C@@H](C)c2ccccc2)C(=O)NC2(C(C)=O)CC(OC)C2)cc(OCC)c1C(C)O. The zero-order valence-corrected chi connectivity index (χ0v) is 25.4. The predicted molar refractivity (Wildman–Crippen MR) is 157 cm³/mol.